The summed E-state index contributed by atoms with van der Waals surface area (Å²) in [6.07, 6.45) is 3.80. The molecule has 0 radical (unpaired) electrons. The highest BCUT2D eigenvalue weighted by atomic mass is 15.2. The van der Waals surface area contributed by atoms with Gasteiger partial charge in [-0.1, -0.05) is 19.1 Å². The number of rotatable bonds is 6. The van der Waals surface area contributed by atoms with Gasteiger partial charge < -0.3 is 5.32 Å². The zero-order valence-electron chi connectivity index (χ0n) is 13.3. The molecule has 0 aliphatic carbocycles. The van der Waals surface area contributed by atoms with Gasteiger partial charge in [-0.05, 0) is 69.4 Å². The van der Waals surface area contributed by atoms with Gasteiger partial charge >= 0.3 is 0 Å². The van der Waals surface area contributed by atoms with Crippen molar-refractivity contribution in [1.82, 2.24) is 10.2 Å². The standard InChI is InChI=1S/C18H27N3/c1-3-10-21(14-17-7-5-9-20-13-17)15(2)18-8-4-6-16(11-18)12-19/h4,6,8,11,15,17,20H,3,5,7,9-10,13-14H2,1-2H3. The summed E-state index contributed by atoms with van der Waals surface area (Å²) in [5.74, 6) is 0.756. The monoisotopic (exact) mass is 285 g/mol. The van der Waals surface area contributed by atoms with E-state index in [1.165, 1.54) is 31.4 Å². The Bertz CT molecular complexity index is 472. The lowest BCUT2D eigenvalue weighted by molar-refractivity contribution is 0.163. The van der Waals surface area contributed by atoms with Gasteiger partial charge in [0.15, 0.2) is 0 Å². The van der Waals surface area contributed by atoms with Crippen LogP contribution in [0.15, 0.2) is 24.3 Å². The van der Waals surface area contributed by atoms with Crippen LogP contribution >= 0.6 is 0 Å². The molecule has 114 valence electrons. The molecule has 1 N–H and O–H groups in total. The smallest absolute Gasteiger partial charge is 0.0991 e. The number of hydrogen-bond acceptors (Lipinski definition) is 3. The zero-order chi connectivity index (χ0) is 15.1. The number of benzene rings is 1. The molecule has 0 bridgehead atoms. The first kappa shape index (κ1) is 16.0. The summed E-state index contributed by atoms with van der Waals surface area (Å²) in [6.45, 7) is 9.09. The Morgan fingerprint density at radius 1 is 1.48 bits per heavy atom. The molecule has 2 atom stereocenters. The maximum Gasteiger partial charge on any atom is 0.0991 e. The van der Waals surface area contributed by atoms with Crippen LogP contribution in [0.4, 0.5) is 0 Å². The second-order valence-electron chi connectivity index (χ2n) is 6.12. The van der Waals surface area contributed by atoms with Gasteiger partial charge in [-0.25, -0.2) is 0 Å². The van der Waals surface area contributed by atoms with Crippen molar-refractivity contribution in [2.75, 3.05) is 26.2 Å². The highest BCUT2D eigenvalue weighted by Gasteiger charge is 2.21. The third kappa shape index (κ3) is 4.56. The van der Waals surface area contributed by atoms with E-state index in [-0.39, 0.29) is 0 Å². The third-order valence-electron chi connectivity index (χ3n) is 4.45. The molecule has 1 heterocycles. The van der Waals surface area contributed by atoms with Crippen LogP contribution in [-0.4, -0.2) is 31.1 Å². The van der Waals surface area contributed by atoms with E-state index in [4.69, 9.17) is 5.26 Å². The van der Waals surface area contributed by atoms with Crippen LogP contribution in [0.5, 0.6) is 0 Å². The van der Waals surface area contributed by atoms with Gasteiger partial charge in [0.25, 0.3) is 0 Å². The average Bonchev–Trinajstić information content (AvgIpc) is 2.55. The van der Waals surface area contributed by atoms with Crippen LogP contribution in [0.3, 0.4) is 0 Å². The predicted octanol–water partition coefficient (Wildman–Crippen LogP) is 3.33. The second-order valence-corrected chi connectivity index (χ2v) is 6.12. The SMILES string of the molecule is CCCN(CC1CCCNC1)C(C)c1cccc(C#N)c1. The number of piperidine rings is 1. The van der Waals surface area contributed by atoms with Crippen molar-refractivity contribution in [3.8, 4) is 6.07 Å². The molecule has 0 saturated carbocycles. The topological polar surface area (TPSA) is 39.1 Å². The summed E-state index contributed by atoms with van der Waals surface area (Å²) in [5, 5.41) is 12.6. The summed E-state index contributed by atoms with van der Waals surface area (Å²) < 4.78 is 0. The molecule has 1 aromatic rings. The van der Waals surface area contributed by atoms with Crippen molar-refractivity contribution in [3.63, 3.8) is 0 Å². The van der Waals surface area contributed by atoms with Gasteiger partial charge in [-0.15, -0.1) is 0 Å². The molecule has 1 aliphatic rings. The normalized spacial score (nSPS) is 20.2. The van der Waals surface area contributed by atoms with E-state index in [2.05, 4.69) is 36.2 Å². The second kappa shape index (κ2) is 8.17. The number of hydrogen-bond donors (Lipinski definition) is 1. The minimum Gasteiger partial charge on any atom is -0.316 e. The Morgan fingerprint density at radius 3 is 3.00 bits per heavy atom. The van der Waals surface area contributed by atoms with Crippen LogP contribution in [-0.2, 0) is 0 Å². The van der Waals surface area contributed by atoms with E-state index >= 15 is 0 Å². The van der Waals surface area contributed by atoms with Crippen LogP contribution in [0.2, 0.25) is 0 Å². The molecule has 0 spiro atoms. The van der Waals surface area contributed by atoms with Crippen LogP contribution in [0.1, 0.15) is 50.3 Å². The Kier molecular flexibility index (Phi) is 6.22. The van der Waals surface area contributed by atoms with E-state index in [0.717, 1.165) is 31.1 Å². The van der Waals surface area contributed by atoms with E-state index in [9.17, 15) is 0 Å². The maximum atomic E-state index is 9.07. The lowest BCUT2D eigenvalue weighted by atomic mass is 9.97. The van der Waals surface area contributed by atoms with Gasteiger partial charge in [-0.3, -0.25) is 4.90 Å². The van der Waals surface area contributed by atoms with Crippen LogP contribution in [0.25, 0.3) is 0 Å². The molecular formula is C18H27N3. The summed E-state index contributed by atoms with van der Waals surface area (Å²) in [6, 6.07) is 10.7. The van der Waals surface area contributed by atoms with Gasteiger partial charge in [0, 0.05) is 12.6 Å². The first-order valence-corrected chi connectivity index (χ1v) is 8.19. The number of nitrogens with one attached hydrogen (secondary N) is 1. The maximum absolute atomic E-state index is 9.07. The molecule has 1 saturated heterocycles. The number of nitriles is 1. The number of nitrogens with zero attached hydrogens (tertiary/aromatic N) is 2. The van der Waals surface area contributed by atoms with Crippen molar-refractivity contribution in [2.24, 2.45) is 5.92 Å². The van der Waals surface area contributed by atoms with Gasteiger partial charge in [0.2, 0.25) is 0 Å². The molecule has 0 aromatic heterocycles. The molecule has 0 amide bonds. The van der Waals surface area contributed by atoms with Gasteiger partial charge in [0.1, 0.15) is 0 Å². The minimum absolute atomic E-state index is 0.375. The van der Waals surface area contributed by atoms with E-state index < -0.39 is 0 Å². The van der Waals surface area contributed by atoms with Crippen LogP contribution < -0.4 is 5.32 Å². The Balaban J connectivity index is 2.06. The molecule has 1 fully saturated rings. The van der Waals surface area contributed by atoms with Gasteiger partial charge in [0.05, 0.1) is 11.6 Å². The fourth-order valence-corrected chi connectivity index (χ4v) is 3.22. The molecule has 21 heavy (non-hydrogen) atoms. The van der Waals surface area contributed by atoms with Crippen molar-refractivity contribution in [3.05, 3.63) is 35.4 Å². The predicted molar refractivity (Wildman–Crippen MR) is 87.0 cm³/mol. The summed E-state index contributed by atoms with van der Waals surface area (Å²) in [5.41, 5.74) is 2.02. The first-order chi connectivity index (χ1) is 10.2. The third-order valence-corrected chi connectivity index (χ3v) is 4.45. The highest BCUT2D eigenvalue weighted by molar-refractivity contribution is 5.34. The zero-order valence-corrected chi connectivity index (χ0v) is 13.3. The lowest BCUT2D eigenvalue weighted by Crippen LogP contribution is -2.39. The molecule has 1 aromatic carbocycles. The highest BCUT2D eigenvalue weighted by Crippen LogP contribution is 2.24. The summed E-state index contributed by atoms with van der Waals surface area (Å²) >= 11 is 0. The van der Waals surface area contributed by atoms with Crippen molar-refractivity contribution >= 4 is 0 Å². The molecule has 3 nitrogen and oxygen atoms in total. The van der Waals surface area contributed by atoms with Crippen molar-refractivity contribution in [2.45, 2.75) is 39.2 Å². The fourth-order valence-electron chi connectivity index (χ4n) is 3.22. The largest absolute Gasteiger partial charge is 0.316 e. The van der Waals surface area contributed by atoms with Crippen LogP contribution in [0, 0.1) is 17.2 Å². The molecule has 2 rings (SSSR count). The summed E-state index contributed by atoms with van der Waals surface area (Å²) in [7, 11) is 0. The fraction of sp³-hybridized carbons (Fsp3) is 0.611. The van der Waals surface area contributed by atoms with Crippen molar-refractivity contribution in [1.29, 1.82) is 5.26 Å². The Morgan fingerprint density at radius 2 is 2.33 bits per heavy atom. The van der Waals surface area contributed by atoms with E-state index in [1.54, 1.807) is 0 Å². The summed E-state index contributed by atoms with van der Waals surface area (Å²) in [4.78, 5) is 2.58. The van der Waals surface area contributed by atoms with Crippen molar-refractivity contribution < 1.29 is 0 Å². The molecule has 2 unspecified atom stereocenters. The lowest BCUT2D eigenvalue weighted by Gasteiger charge is -2.34. The van der Waals surface area contributed by atoms with E-state index in [0.29, 0.717) is 6.04 Å². The van der Waals surface area contributed by atoms with E-state index in [1.807, 2.05) is 18.2 Å². The molecule has 1 aliphatic heterocycles. The average molecular weight is 285 g/mol. The Labute approximate surface area is 129 Å². The Hall–Kier alpha value is -1.37. The molecule has 3 heteroatoms. The van der Waals surface area contributed by atoms with Gasteiger partial charge in [-0.2, -0.15) is 5.26 Å². The first-order valence-electron chi connectivity index (χ1n) is 8.19. The minimum atomic E-state index is 0.375. The molecular weight excluding hydrogens is 258 g/mol. The quantitative estimate of drug-likeness (QED) is 0.871.